The number of fused-ring (bicyclic) bond motifs is 1. The molecular weight excluding hydrogens is 352 g/mol. The van der Waals surface area contributed by atoms with Gasteiger partial charge in [-0.25, -0.2) is 0 Å². The fourth-order valence-electron chi connectivity index (χ4n) is 3.02. The summed E-state index contributed by atoms with van der Waals surface area (Å²) >= 11 is 1.56. The number of nitro groups is 1. The van der Waals surface area contributed by atoms with Crippen molar-refractivity contribution in [2.75, 3.05) is 5.32 Å². The van der Waals surface area contributed by atoms with Crippen LogP contribution in [0.1, 0.15) is 27.1 Å². The number of thiophene rings is 1. The molecule has 0 saturated carbocycles. The van der Waals surface area contributed by atoms with Crippen LogP contribution >= 0.6 is 11.3 Å². The summed E-state index contributed by atoms with van der Waals surface area (Å²) < 4.78 is 0. The van der Waals surface area contributed by atoms with Gasteiger partial charge in [-0.3, -0.25) is 19.9 Å². The van der Waals surface area contributed by atoms with Gasteiger partial charge in [0.05, 0.1) is 22.7 Å². The molecule has 4 rings (SSSR count). The van der Waals surface area contributed by atoms with E-state index in [1.807, 2.05) is 17.5 Å². The van der Waals surface area contributed by atoms with Gasteiger partial charge in [0.2, 0.25) is 0 Å². The van der Waals surface area contributed by atoms with Crippen LogP contribution in [0.5, 0.6) is 0 Å². The zero-order valence-corrected chi connectivity index (χ0v) is 14.3. The second-order valence-electron chi connectivity index (χ2n) is 5.77. The molecule has 0 aliphatic carbocycles. The molecule has 3 aromatic rings. The van der Waals surface area contributed by atoms with E-state index < -0.39 is 11.1 Å². The van der Waals surface area contributed by atoms with Crippen LogP contribution in [0.4, 0.5) is 11.4 Å². The lowest BCUT2D eigenvalue weighted by molar-refractivity contribution is -0.384. The average molecular weight is 366 g/mol. The minimum absolute atomic E-state index is 0.0413. The first-order valence-corrected chi connectivity index (χ1v) is 8.81. The predicted octanol–water partition coefficient (Wildman–Crippen LogP) is 3.82. The van der Waals surface area contributed by atoms with Gasteiger partial charge in [0.15, 0.2) is 0 Å². The van der Waals surface area contributed by atoms with Gasteiger partial charge in [-0.15, -0.1) is 11.3 Å². The quantitative estimate of drug-likeness (QED) is 0.548. The lowest BCUT2D eigenvalue weighted by atomic mass is 10.2. The third kappa shape index (κ3) is 2.80. The summed E-state index contributed by atoms with van der Waals surface area (Å²) in [5.41, 5.74) is 1.40. The average Bonchev–Trinajstić information content (AvgIpc) is 3.25. The number of nitrogens with zero attached hydrogens (tertiary/aromatic N) is 3. The first-order chi connectivity index (χ1) is 12.6. The maximum Gasteiger partial charge on any atom is 0.292 e. The molecule has 0 unspecified atom stereocenters. The molecule has 26 heavy (non-hydrogen) atoms. The minimum atomic E-state index is -0.568. The lowest BCUT2D eigenvalue weighted by Gasteiger charge is -2.26. The van der Waals surface area contributed by atoms with Gasteiger partial charge in [-0.2, -0.15) is 0 Å². The molecule has 1 atom stereocenters. The number of anilines is 1. The highest BCUT2D eigenvalue weighted by Gasteiger charge is 2.38. The van der Waals surface area contributed by atoms with E-state index in [4.69, 9.17) is 0 Å². The molecule has 0 spiro atoms. The molecule has 1 aliphatic heterocycles. The first kappa shape index (κ1) is 16.2. The maximum absolute atomic E-state index is 12.9. The molecule has 0 saturated heterocycles. The number of nitro benzene ring substituents is 1. The zero-order valence-electron chi connectivity index (χ0n) is 13.5. The van der Waals surface area contributed by atoms with Crippen LogP contribution in [0, 0.1) is 10.1 Å². The molecule has 7 nitrogen and oxygen atoms in total. The van der Waals surface area contributed by atoms with E-state index in [0.29, 0.717) is 23.5 Å². The van der Waals surface area contributed by atoms with E-state index in [0.717, 1.165) is 4.88 Å². The number of pyridine rings is 1. The van der Waals surface area contributed by atoms with E-state index in [1.165, 1.54) is 6.07 Å². The number of carbonyl (C=O) groups is 1. The van der Waals surface area contributed by atoms with Gasteiger partial charge in [0, 0.05) is 17.1 Å². The zero-order chi connectivity index (χ0) is 18.1. The molecule has 1 amide bonds. The van der Waals surface area contributed by atoms with Crippen molar-refractivity contribution in [1.29, 1.82) is 0 Å². The molecule has 3 heterocycles. The third-order valence-electron chi connectivity index (χ3n) is 4.20. The molecule has 1 aromatic carbocycles. The van der Waals surface area contributed by atoms with Gasteiger partial charge in [-0.05, 0) is 29.6 Å². The molecule has 2 aromatic heterocycles. The first-order valence-electron chi connectivity index (χ1n) is 7.93. The Morgan fingerprint density at radius 3 is 2.81 bits per heavy atom. The third-order valence-corrected chi connectivity index (χ3v) is 5.06. The Balaban J connectivity index is 1.73. The SMILES string of the molecule is O=C1c2cccnc2[C@@H](Nc2ccccc2[N+](=O)[O-])N1Cc1cccs1. The highest BCUT2D eigenvalue weighted by atomic mass is 32.1. The van der Waals surface area contributed by atoms with E-state index in [1.54, 1.807) is 52.8 Å². The number of benzene rings is 1. The predicted molar refractivity (Wildman–Crippen MR) is 97.9 cm³/mol. The summed E-state index contributed by atoms with van der Waals surface area (Å²) in [7, 11) is 0. The van der Waals surface area contributed by atoms with E-state index in [9.17, 15) is 14.9 Å². The summed E-state index contributed by atoms with van der Waals surface area (Å²) in [6.45, 7) is 0.408. The number of hydrogen-bond donors (Lipinski definition) is 1. The van der Waals surface area contributed by atoms with Crippen LogP contribution in [-0.4, -0.2) is 20.7 Å². The van der Waals surface area contributed by atoms with Crippen molar-refractivity contribution in [2.24, 2.45) is 0 Å². The second kappa shape index (κ2) is 6.57. The number of para-hydroxylation sites is 2. The molecule has 1 N–H and O–H groups in total. The van der Waals surface area contributed by atoms with Crippen molar-refractivity contribution in [3.05, 3.63) is 86.4 Å². The van der Waals surface area contributed by atoms with Crippen LogP contribution < -0.4 is 5.32 Å². The van der Waals surface area contributed by atoms with Crippen molar-refractivity contribution in [3.63, 3.8) is 0 Å². The molecule has 0 fully saturated rings. The van der Waals surface area contributed by atoms with Gasteiger partial charge in [0.1, 0.15) is 11.9 Å². The fourth-order valence-corrected chi connectivity index (χ4v) is 3.72. The van der Waals surface area contributed by atoms with Gasteiger partial charge < -0.3 is 10.2 Å². The number of hydrogen-bond acceptors (Lipinski definition) is 6. The normalized spacial score (nSPS) is 15.8. The second-order valence-corrected chi connectivity index (χ2v) is 6.80. The van der Waals surface area contributed by atoms with Crippen LogP contribution in [0.15, 0.2) is 60.1 Å². The van der Waals surface area contributed by atoms with Crippen LogP contribution in [0.25, 0.3) is 0 Å². The fraction of sp³-hybridized carbons (Fsp3) is 0.111. The Labute approximate surface area is 153 Å². The van der Waals surface area contributed by atoms with Crippen molar-refractivity contribution >= 4 is 28.6 Å². The molecule has 0 bridgehead atoms. The molecule has 130 valence electrons. The van der Waals surface area contributed by atoms with Crippen LogP contribution in [0.3, 0.4) is 0 Å². The Morgan fingerprint density at radius 1 is 1.19 bits per heavy atom. The molecule has 1 aliphatic rings. The van der Waals surface area contributed by atoms with Crippen molar-refractivity contribution in [3.8, 4) is 0 Å². The largest absolute Gasteiger partial charge is 0.354 e. The topological polar surface area (TPSA) is 88.4 Å². The number of carbonyl (C=O) groups excluding carboxylic acids is 1. The van der Waals surface area contributed by atoms with E-state index in [-0.39, 0.29) is 11.6 Å². The van der Waals surface area contributed by atoms with Crippen molar-refractivity contribution < 1.29 is 9.72 Å². The van der Waals surface area contributed by atoms with Crippen LogP contribution in [0.2, 0.25) is 0 Å². The molecule has 8 heteroatoms. The molecular formula is C18H14N4O3S. The minimum Gasteiger partial charge on any atom is -0.354 e. The smallest absolute Gasteiger partial charge is 0.292 e. The van der Waals surface area contributed by atoms with E-state index >= 15 is 0 Å². The van der Waals surface area contributed by atoms with Gasteiger partial charge in [0.25, 0.3) is 11.6 Å². The Hall–Kier alpha value is -3.26. The summed E-state index contributed by atoms with van der Waals surface area (Å²) in [4.78, 5) is 30.8. The summed E-state index contributed by atoms with van der Waals surface area (Å²) in [6.07, 6.45) is 1.05. The lowest BCUT2D eigenvalue weighted by Crippen LogP contribution is -2.32. The highest BCUT2D eigenvalue weighted by molar-refractivity contribution is 7.09. The Bertz CT molecular complexity index is 974. The molecule has 0 radical (unpaired) electrons. The summed E-state index contributed by atoms with van der Waals surface area (Å²) in [5, 5.41) is 16.4. The van der Waals surface area contributed by atoms with Crippen molar-refractivity contribution in [1.82, 2.24) is 9.88 Å². The van der Waals surface area contributed by atoms with Crippen LogP contribution in [-0.2, 0) is 6.54 Å². The number of aromatic nitrogens is 1. The van der Waals surface area contributed by atoms with Crippen molar-refractivity contribution in [2.45, 2.75) is 12.7 Å². The summed E-state index contributed by atoms with van der Waals surface area (Å²) in [5.74, 6) is -0.141. The number of nitrogens with one attached hydrogen (secondary N) is 1. The Morgan fingerprint density at radius 2 is 2.04 bits per heavy atom. The number of amides is 1. The highest BCUT2D eigenvalue weighted by Crippen LogP contribution is 2.36. The number of rotatable bonds is 5. The van der Waals surface area contributed by atoms with Gasteiger partial charge in [-0.1, -0.05) is 18.2 Å². The monoisotopic (exact) mass is 366 g/mol. The maximum atomic E-state index is 12.9. The van der Waals surface area contributed by atoms with E-state index in [2.05, 4.69) is 10.3 Å². The van der Waals surface area contributed by atoms with Gasteiger partial charge >= 0.3 is 0 Å². The summed E-state index contributed by atoms with van der Waals surface area (Å²) in [6, 6.07) is 13.7. The Kier molecular flexibility index (Phi) is 4.10. The standard InChI is InChI=1S/C18H14N4O3S/c23-18-13-6-3-9-19-16(13)17(21(18)11-12-5-4-10-26-12)20-14-7-1-2-8-15(14)22(24)25/h1-10,17,20H,11H2/t17-/m0/s1.